The average Bonchev–Trinajstić information content (AvgIpc) is 2.26. The van der Waals surface area contributed by atoms with Gasteiger partial charge in [0.1, 0.15) is 0 Å². The average molecular weight is 298 g/mol. The molecular weight excluding hydrogens is 266 g/mol. The molecule has 0 saturated carbocycles. The summed E-state index contributed by atoms with van der Waals surface area (Å²) >= 11 is 0. The van der Waals surface area contributed by atoms with Crippen LogP contribution in [0.2, 0.25) is 24.7 Å². The van der Waals surface area contributed by atoms with Gasteiger partial charge in [-0.2, -0.15) is 0 Å². The molecule has 1 atom stereocenters. The Morgan fingerprint density at radius 2 is 1.42 bits per heavy atom. The van der Waals surface area contributed by atoms with Gasteiger partial charge in [-0.15, -0.1) is 19.7 Å². The SMILES string of the molecule is C=CCN(CC=C)[Si](C)(C=C)O[Si](C)(C)C(C)(C)C. The molecule has 110 valence electrons. The van der Waals surface area contributed by atoms with E-state index < -0.39 is 16.8 Å². The highest BCUT2D eigenvalue weighted by atomic mass is 28.4. The van der Waals surface area contributed by atoms with Crippen molar-refractivity contribution in [1.82, 2.24) is 4.57 Å². The van der Waals surface area contributed by atoms with Gasteiger partial charge in [0.25, 0.3) is 8.48 Å². The van der Waals surface area contributed by atoms with E-state index in [1.807, 2.05) is 17.9 Å². The Balaban J connectivity index is 5.29. The zero-order chi connectivity index (χ0) is 15.3. The molecule has 0 radical (unpaired) electrons. The monoisotopic (exact) mass is 297 g/mol. The third kappa shape index (κ3) is 4.87. The van der Waals surface area contributed by atoms with Crippen molar-refractivity contribution in [2.75, 3.05) is 13.1 Å². The first kappa shape index (κ1) is 18.6. The summed E-state index contributed by atoms with van der Waals surface area (Å²) in [6.45, 7) is 27.0. The van der Waals surface area contributed by atoms with Gasteiger partial charge in [0.05, 0.1) is 0 Å². The lowest BCUT2D eigenvalue weighted by Crippen LogP contribution is -2.60. The van der Waals surface area contributed by atoms with Crippen molar-refractivity contribution in [3.05, 3.63) is 37.6 Å². The van der Waals surface area contributed by atoms with Gasteiger partial charge in [-0.1, -0.05) is 38.6 Å². The van der Waals surface area contributed by atoms with Gasteiger partial charge in [0.15, 0.2) is 8.32 Å². The Morgan fingerprint density at radius 1 is 1.00 bits per heavy atom. The Hall–Kier alpha value is -0.426. The molecular formula is C15H31NOSi2. The highest BCUT2D eigenvalue weighted by Crippen LogP contribution is 2.39. The fourth-order valence-corrected chi connectivity index (χ4v) is 9.10. The Bertz CT molecular complexity index is 324. The van der Waals surface area contributed by atoms with Crippen LogP contribution in [-0.4, -0.2) is 34.5 Å². The van der Waals surface area contributed by atoms with Crippen LogP contribution in [-0.2, 0) is 4.12 Å². The van der Waals surface area contributed by atoms with Crippen LogP contribution >= 0.6 is 0 Å². The summed E-state index contributed by atoms with van der Waals surface area (Å²) in [5.74, 6) is 0. The summed E-state index contributed by atoms with van der Waals surface area (Å²) in [5.41, 5.74) is 2.03. The second-order valence-electron chi connectivity index (χ2n) is 6.60. The van der Waals surface area contributed by atoms with Crippen molar-refractivity contribution in [3.63, 3.8) is 0 Å². The van der Waals surface area contributed by atoms with Gasteiger partial charge in [0, 0.05) is 13.1 Å². The minimum Gasteiger partial charge on any atom is -0.441 e. The lowest BCUT2D eigenvalue weighted by molar-refractivity contribution is 0.386. The van der Waals surface area contributed by atoms with Crippen LogP contribution in [0.25, 0.3) is 0 Å². The van der Waals surface area contributed by atoms with E-state index in [9.17, 15) is 0 Å². The molecule has 0 bridgehead atoms. The van der Waals surface area contributed by atoms with Crippen LogP contribution in [0.3, 0.4) is 0 Å². The molecule has 0 aliphatic heterocycles. The summed E-state index contributed by atoms with van der Waals surface area (Å²) in [7, 11) is -3.93. The van der Waals surface area contributed by atoms with Crippen LogP contribution in [0.4, 0.5) is 0 Å². The normalized spacial score (nSPS) is 15.9. The van der Waals surface area contributed by atoms with Crippen LogP contribution in [0, 0.1) is 0 Å². The maximum Gasteiger partial charge on any atom is 0.284 e. The summed E-state index contributed by atoms with van der Waals surface area (Å²) in [6, 6.07) is 0. The molecule has 0 aromatic carbocycles. The van der Waals surface area contributed by atoms with E-state index in [0.29, 0.717) is 0 Å². The summed E-state index contributed by atoms with van der Waals surface area (Å²) < 4.78 is 9.03. The first-order valence-corrected chi connectivity index (χ1v) is 12.2. The number of rotatable bonds is 8. The highest BCUT2D eigenvalue weighted by Gasteiger charge is 2.45. The van der Waals surface area contributed by atoms with E-state index in [0.717, 1.165) is 13.1 Å². The molecule has 0 aliphatic rings. The summed E-state index contributed by atoms with van der Waals surface area (Å²) in [5, 5.41) is 0.207. The molecule has 0 fully saturated rings. The maximum absolute atomic E-state index is 6.70. The van der Waals surface area contributed by atoms with Crippen molar-refractivity contribution in [2.45, 2.75) is 45.5 Å². The van der Waals surface area contributed by atoms with Crippen molar-refractivity contribution in [2.24, 2.45) is 0 Å². The van der Waals surface area contributed by atoms with E-state index in [-0.39, 0.29) is 5.04 Å². The zero-order valence-electron chi connectivity index (χ0n) is 13.6. The fraction of sp³-hybridized carbons (Fsp3) is 0.600. The molecule has 0 amide bonds. The fourth-order valence-electron chi connectivity index (χ4n) is 1.65. The Kier molecular flexibility index (Phi) is 6.68. The van der Waals surface area contributed by atoms with Gasteiger partial charge in [-0.05, 0) is 24.7 Å². The first-order valence-electron chi connectivity index (χ1n) is 6.84. The van der Waals surface area contributed by atoms with Crippen molar-refractivity contribution in [3.8, 4) is 0 Å². The van der Waals surface area contributed by atoms with E-state index in [1.54, 1.807) is 0 Å². The predicted octanol–water partition coefficient (Wildman–Crippen LogP) is 4.48. The lowest BCUT2D eigenvalue weighted by Gasteiger charge is -2.46. The van der Waals surface area contributed by atoms with Crippen molar-refractivity contribution >= 4 is 16.8 Å². The third-order valence-corrected chi connectivity index (χ3v) is 13.7. The number of hydrogen-bond acceptors (Lipinski definition) is 2. The summed E-state index contributed by atoms with van der Waals surface area (Å²) in [4.78, 5) is 0. The highest BCUT2D eigenvalue weighted by molar-refractivity contribution is 6.87. The first-order chi connectivity index (χ1) is 8.54. The minimum atomic E-state index is -2.12. The van der Waals surface area contributed by atoms with E-state index >= 15 is 0 Å². The topological polar surface area (TPSA) is 12.5 Å². The lowest BCUT2D eigenvalue weighted by atomic mass is 10.2. The van der Waals surface area contributed by atoms with E-state index in [4.69, 9.17) is 4.12 Å². The molecule has 0 aromatic rings. The molecule has 0 heterocycles. The van der Waals surface area contributed by atoms with Gasteiger partial charge < -0.3 is 4.12 Å². The Morgan fingerprint density at radius 3 is 1.68 bits per heavy atom. The van der Waals surface area contributed by atoms with Gasteiger partial charge >= 0.3 is 0 Å². The van der Waals surface area contributed by atoms with Gasteiger partial charge in [0.2, 0.25) is 0 Å². The third-order valence-electron chi connectivity index (χ3n) is 3.97. The number of nitrogens with zero attached hydrogens (tertiary/aromatic N) is 1. The molecule has 0 aliphatic carbocycles. The smallest absolute Gasteiger partial charge is 0.284 e. The minimum absolute atomic E-state index is 0.207. The molecule has 0 N–H and O–H groups in total. The second kappa shape index (κ2) is 6.84. The zero-order valence-corrected chi connectivity index (χ0v) is 15.6. The molecule has 0 aromatic heterocycles. The van der Waals surface area contributed by atoms with Gasteiger partial charge in [-0.3, -0.25) is 4.57 Å². The second-order valence-corrected chi connectivity index (χ2v) is 15.1. The molecule has 0 saturated heterocycles. The molecule has 2 nitrogen and oxygen atoms in total. The van der Waals surface area contributed by atoms with Crippen LogP contribution in [0.5, 0.6) is 0 Å². The Labute approximate surface area is 122 Å². The number of hydrogen-bond donors (Lipinski definition) is 0. The molecule has 0 spiro atoms. The van der Waals surface area contributed by atoms with Crippen molar-refractivity contribution < 1.29 is 4.12 Å². The molecule has 19 heavy (non-hydrogen) atoms. The van der Waals surface area contributed by atoms with Crippen LogP contribution < -0.4 is 0 Å². The molecule has 0 rings (SSSR count). The summed E-state index contributed by atoms with van der Waals surface area (Å²) in [6.07, 6.45) is 3.85. The van der Waals surface area contributed by atoms with Crippen molar-refractivity contribution in [1.29, 1.82) is 0 Å². The van der Waals surface area contributed by atoms with E-state index in [2.05, 4.69) is 64.7 Å². The van der Waals surface area contributed by atoms with Crippen LogP contribution in [0.1, 0.15) is 20.8 Å². The largest absolute Gasteiger partial charge is 0.441 e. The van der Waals surface area contributed by atoms with Crippen LogP contribution in [0.15, 0.2) is 37.6 Å². The molecule has 1 unspecified atom stereocenters. The van der Waals surface area contributed by atoms with E-state index in [1.165, 1.54) is 0 Å². The van der Waals surface area contributed by atoms with Gasteiger partial charge in [-0.25, -0.2) is 0 Å². The molecule has 4 heteroatoms. The quantitative estimate of drug-likeness (QED) is 0.484. The predicted molar refractivity (Wildman–Crippen MR) is 92.1 cm³/mol. The standard InChI is InChI=1S/C15H31NOSi2/c1-10-13-16(14-11-2)19(9,12-3)17-18(7,8)15(4,5)6/h10-12H,1-3,13-14H2,4-9H3. The maximum atomic E-state index is 6.70.